The van der Waals surface area contributed by atoms with Crippen molar-refractivity contribution in [2.24, 2.45) is 5.41 Å². The number of likely N-dealkylation sites (N-methyl/N-ethyl adjacent to an activating group) is 1. The van der Waals surface area contributed by atoms with Gasteiger partial charge < -0.3 is 15.1 Å². The fraction of sp³-hybridized carbons (Fsp3) is 1.00. The molecule has 0 spiro atoms. The molecule has 0 radical (unpaired) electrons. The molecule has 0 amide bonds. The van der Waals surface area contributed by atoms with Gasteiger partial charge in [0, 0.05) is 32.2 Å². The van der Waals surface area contributed by atoms with E-state index < -0.39 is 0 Å². The van der Waals surface area contributed by atoms with Crippen molar-refractivity contribution in [1.29, 1.82) is 0 Å². The summed E-state index contributed by atoms with van der Waals surface area (Å²) in [5.41, 5.74) is 0.522. The molecule has 0 aromatic carbocycles. The van der Waals surface area contributed by atoms with Crippen LogP contribution in [0, 0.1) is 5.41 Å². The minimum Gasteiger partial charge on any atom is -0.313 e. The second-order valence-electron chi connectivity index (χ2n) is 6.89. The minimum absolute atomic E-state index is 0.522. The lowest BCUT2D eigenvalue weighted by Crippen LogP contribution is -2.45. The van der Waals surface area contributed by atoms with Gasteiger partial charge in [-0.15, -0.1) is 0 Å². The highest BCUT2D eigenvalue weighted by Gasteiger charge is 2.33. The van der Waals surface area contributed by atoms with Crippen LogP contribution >= 0.6 is 0 Å². The van der Waals surface area contributed by atoms with Gasteiger partial charge in [0.15, 0.2) is 0 Å². The summed E-state index contributed by atoms with van der Waals surface area (Å²) in [6.07, 6.45) is 5.48. The number of nitrogens with zero attached hydrogens (tertiary/aromatic N) is 2. The van der Waals surface area contributed by atoms with E-state index in [0.717, 1.165) is 6.04 Å². The summed E-state index contributed by atoms with van der Waals surface area (Å²) in [6.45, 7) is 12.3. The van der Waals surface area contributed by atoms with Crippen molar-refractivity contribution in [3.8, 4) is 0 Å². The molecule has 0 aromatic rings. The van der Waals surface area contributed by atoms with Crippen LogP contribution in [0.3, 0.4) is 0 Å². The Morgan fingerprint density at radius 1 is 1.17 bits per heavy atom. The van der Waals surface area contributed by atoms with E-state index >= 15 is 0 Å². The Balaban J connectivity index is 1.56. The molecule has 3 nitrogen and oxygen atoms in total. The molecule has 0 bridgehead atoms. The molecule has 18 heavy (non-hydrogen) atoms. The third-order valence-corrected chi connectivity index (χ3v) is 4.89. The van der Waals surface area contributed by atoms with Crippen LogP contribution in [-0.2, 0) is 0 Å². The molecule has 1 aliphatic heterocycles. The lowest BCUT2D eigenvalue weighted by atomic mass is 9.87. The minimum atomic E-state index is 0.522. The summed E-state index contributed by atoms with van der Waals surface area (Å²) in [5.74, 6) is 0. The van der Waals surface area contributed by atoms with Crippen LogP contribution in [0.25, 0.3) is 0 Å². The number of piperazine rings is 1. The van der Waals surface area contributed by atoms with E-state index in [4.69, 9.17) is 0 Å². The topological polar surface area (TPSA) is 18.5 Å². The van der Waals surface area contributed by atoms with Gasteiger partial charge in [0.1, 0.15) is 0 Å². The van der Waals surface area contributed by atoms with Crippen molar-refractivity contribution in [3.63, 3.8) is 0 Å². The summed E-state index contributed by atoms with van der Waals surface area (Å²) in [5, 5.41) is 3.78. The van der Waals surface area contributed by atoms with Crippen molar-refractivity contribution >= 4 is 0 Å². The molecule has 1 saturated heterocycles. The van der Waals surface area contributed by atoms with Gasteiger partial charge in [0.05, 0.1) is 0 Å². The highest BCUT2D eigenvalue weighted by Crippen LogP contribution is 2.36. The zero-order valence-corrected chi connectivity index (χ0v) is 12.5. The van der Waals surface area contributed by atoms with Gasteiger partial charge in [-0.05, 0) is 44.8 Å². The molecule has 3 heteroatoms. The van der Waals surface area contributed by atoms with E-state index in [1.807, 2.05) is 0 Å². The maximum absolute atomic E-state index is 3.78. The van der Waals surface area contributed by atoms with Gasteiger partial charge in [0.25, 0.3) is 0 Å². The summed E-state index contributed by atoms with van der Waals surface area (Å²) in [7, 11) is 2.22. The van der Waals surface area contributed by atoms with E-state index in [1.165, 1.54) is 65.0 Å². The van der Waals surface area contributed by atoms with Crippen LogP contribution in [-0.4, -0.2) is 62.2 Å². The maximum atomic E-state index is 3.78. The Bertz CT molecular complexity index is 244. The lowest BCUT2D eigenvalue weighted by molar-refractivity contribution is 0.151. The number of rotatable bonds is 5. The third kappa shape index (κ3) is 3.94. The third-order valence-electron chi connectivity index (χ3n) is 4.89. The van der Waals surface area contributed by atoms with Crippen LogP contribution in [0.2, 0.25) is 0 Å². The van der Waals surface area contributed by atoms with Gasteiger partial charge >= 0.3 is 0 Å². The fourth-order valence-corrected chi connectivity index (χ4v) is 3.36. The Labute approximate surface area is 113 Å². The summed E-state index contributed by atoms with van der Waals surface area (Å²) < 4.78 is 0. The van der Waals surface area contributed by atoms with Crippen LogP contribution in [0.5, 0.6) is 0 Å². The largest absolute Gasteiger partial charge is 0.313 e. The molecule has 1 unspecified atom stereocenters. The summed E-state index contributed by atoms with van der Waals surface area (Å²) >= 11 is 0. The first-order valence-corrected chi connectivity index (χ1v) is 7.72. The Hall–Kier alpha value is -0.120. The van der Waals surface area contributed by atoms with Crippen LogP contribution in [0.15, 0.2) is 0 Å². The van der Waals surface area contributed by atoms with Crippen molar-refractivity contribution in [2.75, 3.05) is 46.3 Å². The van der Waals surface area contributed by atoms with Gasteiger partial charge in [-0.3, -0.25) is 0 Å². The zero-order valence-electron chi connectivity index (χ0n) is 12.5. The first-order chi connectivity index (χ1) is 8.58. The molecule has 0 aromatic heterocycles. The first kappa shape index (κ1) is 14.3. The van der Waals surface area contributed by atoms with Gasteiger partial charge in [-0.1, -0.05) is 20.3 Å². The van der Waals surface area contributed by atoms with E-state index in [1.54, 1.807) is 0 Å². The number of hydrogen-bond acceptors (Lipinski definition) is 3. The molecule has 2 fully saturated rings. The predicted octanol–water partition coefficient (Wildman–Crippen LogP) is 1.79. The van der Waals surface area contributed by atoms with Gasteiger partial charge in [0.2, 0.25) is 0 Å². The van der Waals surface area contributed by atoms with Crippen LogP contribution in [0.4, 0.5) is 0 Å². The molecule has 1 saturated carbocycles. The summed E-state index contributed by atoms with van der Waals surface area (Å²) in [4.78, 5) is 5.04. The maximum Gasteiger partial charge on any atom is 0.0118 e. The highest BCUT2D eigenvalue weighted by atomic mass is 15.2. The van der Waals surface area contributed by atoms with Gasteiger partial charge in [-0.2, -0.15) is 0 Å². The molecule has 106 valence electrons. The Morgan fingerprint density at radius 3 is 2.50 bits per heavy atom. The van der Waals surface area contributed by atoms with E-state index in [2.05, 4.69) is 36.0 Å². The highest BCUT2D eigenvalue weighted by molar-refractivity contribution is 4.90. The van der Waals surface area contributed by atoms with Crippen molar-refractivity contribution in [1.82, 2.24) is 15.1 Å². The second kappa shape index (κ2) is 6.36. The molecular weight excluding hydrogens is 222 g/mol. The molecular formula is C15H31N3. The smallest absolute Gasteiger partial charge is 0.0118 e. The molecule has 1 aliphatic carbocycles. The van der Waals surface area contributed by atoms with E-state index in [-0.39, 0.29) is 0 Å². The average Bonchev–Trinajstić information content (AvgIpc) is 2.66. The molecule has 1 N–H and O–H groups in total. The van der Waals surface area contributed by atoms with Crippen molar-refractivity contribution < 1.29 is 0 Å². The van der Waals surface area contributed by atoms with E-state index in [0.29, 0.717) is 5.41 Å². The standard InChI is InChI=1S/C15H31N3/c1-15(2)7-4-6-14(15)16-8-5-9-18-12-10-17(3)11-13-18/h14,16H,4-13H2,1-3H3. The molecule has 1 heterocycles. The predicted molar refractivity (Wildman–Crippen MR) is 78.0 cm³/mol. The first-order valence-electron chi connectivity index (χ1n) is 7.72. The van der Waals surface area contributed by atoms with Crippen molar-refractivity contribution in [3.05, 3.63) is 0 Å². The van der Waals surface area contributed by atoms with Gasteiger partial charge in [-0.25, -0.2) is 0 Å². The lowest BCUT2D eigenvalue weighted by Gasteiger charge is -2.33. The average molecular weight is 253 g/mol. The quantitative estimate of drug-likeness (QED) is 0.754. The SMILES string of the molecule is CN1CCN(CCCNC2CCCC2(C)C)CC1. The number of nitrogens with one attached hydrogen (secondary N) is 1. The summed E-state index contributed by atoms with van der Waals surface area (Å²) in [6, 6.07) is 0.755. The second-order valence-corrected chi connectivity index (χ2v) is 6.89. The fourth-order valence-electron chi connectivity index (χ4n) is 3.36. The molecule has 1 atom stereocenters. The Kier molecular flexibility index (Phi) is 5.05. The monoisotopic (exact) mass is 253 g/mol. The van der Waals surface area contributed by atoms with Crippen LogP contribution in [0.1, 0.15) is 39.5 Å². The molecule has 2 rings (SSSR count). The van der Waals surface area contributed by atoms with Crippen molar-refractivity contribution in [2.45, 2.75) is 45.6 Å². The zero-order chi connectivity index (χ0) is 13.0. The van der Waals surface area contributed by atoms with Crippen LogP contribution < -0.4 is 5.32 Å². The number of hydrogen-bond donors (Lipinski definition) is 1. The normalized spacial score (nSPS) is 29.8. The van der Waals surface area contributed by atoms with E-state index in [9.17, 15) is 0 Å². The Morgan fingerprint density at radius 2 is 1.89 bits per heavy atom. The molecule has 2 aliphatic rings.